The summed E-state index contributed by atoms with van der Waals surface area (Å²) < 4.78 is 13.1. The van der Waals surface area contributed by atoms with E-state index in [2.05, 4.69) is 9.97 Å². The standard InChI is InChI=1S/C17H10FN3O/c18-13-5-3-11(4-6-13)14-8-16(12-2-1-7-20-10-12)21-17(22)15(14)9-19/h1-8,10H,(H,21,22). The zero-order chi connectivity index (χ0) is 15.5. The Morgan fingerprint density at radius 3 is 2.55 bits per heavy atom. The van der Waals surface area contributed by atoms with Gasteiger partial charge in [-0.05, 0) is 35.9 Å². The summed E-state index contributed by atoms with van der Waals surface area (Å²) in [6.07, 6.45) is 3.25. The molecule has 0 atom stereocenters. The maximum Gasteiger partial charge on any atom is 0.266 e. The molecule has 0 aliphatic carbocycles. The first-order valence-corrected chi connectivity index (χ1v) is 6.53. The van der Waals surface area contributed by atoms with Crippen molar-refractivity contribution in [3.63, 3.8) is 0 Å². The zero-order valence-corrected chi connectivity index (χ0v) is 11.4. The summed E-state index contributed by atoms with van der Waals surface area (Å²) in [5.74, 6) is -0.375. The summed E-state index contributed by atoms with van der Waals surface area (Å²) in [5, 5.41) is 9.22. The molecule has 0 radical (unpaired) electrons. The molecule has 1 N–H and O–H groups in total. The highest BCUT2D eigenvalue weighted by molar-refractivity contribution is 5.74. The molecule has 22 heavy (non-hydrogen) atoms. The smallest absolute Gasteiger partial charge is 0.266 e. The highest BCUT2D eigenvalue weighted by atomic mass is 19.1. The third kappa shape index (κ3) is 2.50. The summed E-state index contributed by atoms with van der Waals surface area (Å²) in [6.45, 7) is 0. The van der Waals surface area contributed by atoms with Crippen LogP contribution in [-0.2, 0) is 0 Å². The molecule has 0 aliphatic heterocycles. The minimum atomic E-state index is -0.483. The fourth-order valence-corrected chi connectivity index (χ4v) is 2.21. The molecule has 1 aromatic carbocycles. The van der Waals surface area contributed by atoms with Crippen molar-refractivity contribution >= 4 is 0 Å². The van der Waals surface area contributed by atoms with Crippen LogP contribution in [0, 0.1) is 17.1 Å². The van der Waals surface area contributed by atoms with Crippen molar-refractivity contribution in [2.75, 3.05) is 0 Å². The van der Waals surface area contributed by atoms with Crippen LogP contribution >= 0.6 is 0 Å². The van der Waals surface area contributed by atoms with E-state index < -0.39 is 5.56 Å². The van der Waals surface area contributed by atoms with Gasteiger partial charge in [0.1, 0.15) is 17.4 Å². The van der Waals surface area contributed by atoms with Crippen LogP contribution in [0.2, 0.25) is 0 Å². The molecule has 0 bridgehead atoms. The zero-order valence-electron chi connectivity index (χ0n) is 11.4. The third-order valence-corrected chi connectivity index (χ3v) is 3.27. The van der Waals surface area contributed by atoms with Crippen LogP contribution in [0.4, 0.5) is 4.39 Å². The van der Waals surface area contributed by atoms with E-state index in [4.69, 9.17) is 0 Å². The molecule has 5 heteroatoms. The molecule has 3 aromatic rings. The highest BCUT2D eigenvalue weighted by Crippen LogP contribution is 2.25. The van der Waals surface area contributed by atoms with Crippen LogP contribution < -0.4 is 5.56 Å². The van der Waals surface area contributed by atoms with E-state index in [1.165, 1.54) is 24.3 Å². The summed E-state index contributed by atoms with van der Waals surface area (Å²) in [7, 11) is 0. The highest BCUT2D eigenvalue weighted by Gasteiger charge is 2.12. The molecule has 2 aromatic heterocycles. The SMILES string of the molecule is N#Cc1c(-c2ccc(F)cc2)cc(-c2cccnc2)[nH]c1=O. The third-order valence-electron chi connectivity index (χ3n) is 3.27. The van der Waals surface area contributed by atoms with E-state index in [0.717, 1.165) is 5.56 Å². The molecule has 0 fully saturated rings. The van der Waals surface area contributed by atoms with Crippen LogP contribution in [0.1, 0.15) is 5.56 Å². The van der Waals surface area contributed by atoms with Crippen molar-refractivity contribution < 1.29 is 4.39 Å². The summed E-state index contributed by atoms with van der Waals surface area (Å²) in [4.78, 5) is 18.8. The number of aromatic amines is 1. The minimum Gasteiger partial charge on any atom is -0.321 e. The van der Waals surface area contributed by atoms with Crippen LogP contribution in [0.5, 0.6) is 0 Å². The largest absolute Gasteiger partial charge is 0.321 e. The number of benzene rings is 1. The maximum atomic E-state index is 13.1. The first kappa shape index (κ1) is 13.7. The number of nitriles is 1. The normalized spacial score (nSPS) is 10.2. The van der Waals surface area contributed by atoms with Gasteiger partial charge >= 0.3 is 0 Å². The summed E-state index contributed by atoms with van der Waals surface area (Å²) >= 11 is 0. The Morgan fingerprint density at radius 2 is 1.91 bits per heavy atom. The molecule has 0 amide bonds. The van der Waals surface area contributed by atoms with Gasteiger partial charge < -0.3 is 4.98 Å². The lowest BCUT2D eigenvalue weighted by Crippen LogP contribution is -2.12. The Hall–Kier alpha value is -3.26. The van der Waals surface area contributed by atoms with E-state index in [0.29, 0.717) is 16.8 Å². The number of nitrogens with one attached hydrogen (secondary N) is 1. The first-order chi connectivity index (χ1) is 10.7. The van der Waals surface area contributed by atoms with E-state index >= 15 is 0 Å². The molecule has 0 aliphatic rings. The molecule has 4 nitrogen and oxygen atoms in total. The van der Waals surface area contributed by atoms with Gasteiger partial charge in [-0.3, -0.25) is 9.78 Å². The fourth-order valence-electron chi connectivity index (χ4n) is 2.21. The molecule has 106 valence electrons. The molecule has 0 saturated heterocycles. The van der Waals surface area contributed by atoms with E-state index in [9.17, 15) is 14.4 Å². The number of rotatable bonds is 2. The lowest BCUT2D eigenvalue weighted by Gasteiger charge is -2.07. The van der Waals surface area contributed by atoms with Gasteiger partial charge in [0.05, 0.1) is 5.69 Å². The van der Waals surface area contributed by atoms with E-state index in [1.54, 1.807) is 30.6 Å². The van der Waals surface area contributed by atoms with Gasteiger partial charge in [-0.1, -0.05) is 12.1 Å². The Bertz CT molecular complexity index is 909. The summed E-state index contributed by atoms with van der Waals surface area (Å²) in [5.41, 5.74) is 1.87. The number of aromatic nitrogens is 2. The van der Waals surface area contributed by atoms with Crippen molar-refractivity contribution in [2.45, 2.75) is 0 Å². The quantitative estimate of drug-likeness (QED) is 0.788. The van der Waals surface area contributed by atoms with Crippen LogP contribution in [0.15, 0.2) is 59.7 Å². The maximum absolute atomic E-state index is 13.1. The van der Waals surface area contributed by atoms with Gasteiger partial charge in [-0.25, -0.2) is 4.39 Å². The predicted octanol–water partition coefficient (Wildman–Crippen LogP) is 3.11. The lowest BCUT2D eigenvalue weighted by molar-refractivity contribution is 0.628. The number of nitrogens with zero attached hydrogens (tertiary/aromatic N) is 2. The predicted molar refractivity (Wildman–Crippen MR) is 80.4 cm³/mol. The molecular weight excluding hydrogens is 281 g/mol. The molecular formula is C17H10FN3O. The molecule has 2 heterocycles. The second-order valence-electron chi connectivity index (χ2n) is 4.66. The van der Waals surface area contributed by atoms with Crippen LogP contribution in [-0.4, -0.2) is 9.97 Å². The average molecular weight is 291 g/mol. The van der Waals surface area contributed by atoms with Gasteiger partial charge in [-0.15, -0.1) is 0 Å². The number of hydrogen-bond acceptors (Lipinski definition) is 3. The van der Waals surface area contributed by atoms with Crippen molar-refractivity contribution in [3.8, 4) is 28.5 Å². The number of pyridine rings is 2. The lowest BCUT2D eigenvalue weighted by atomic mass is 9.99. The Kier molecular flexibility index (Phi) is 3.50. The van der Waals surface area contributed by atoms with Crippen molar-refractivity contribution in [3.05, 3.63) is 76.6 Å². The van der Waals surface area contributed by atoms with Gasteiger partial charge in [0.15, 0.2) is 0 Å². The topological polar surface area (TPSA) is 69.5 Å². The molecule has 0 spiro atoms. The Balaban J connectivity index is 2.24. The monoisotopic (exact) mass is 291 g/mol. The van der Waals surface area contributed by atoms with Gasteiger partial charge in [0, 0.05) is 23.5 Å². The second-order valence-corrected chi connectivity index (χ2v) is 4.66. The average Bonchev–Trinajstić information content (AvgIpc) is 2.55. The number of hydrogen-bond donors (Lipinski definition) is 1. The van der Waals surface area contributed by atoms with Crippen molar-refractivity contribution in [1.82, 2.24) is 9.97 Å². The molecule has 3 rings (SSSR count). The van der Waals surface area contributed by atoms with Crippen LogP contribution in [0.25, 0.3) is 22.4 Å². The van der Waals surface area contributed by atoms with E-state index in [1.807, 2.05) is 6.07 Å². The summed E-state index contributed by atoms with van der Waals surface area (Å²) in [6, 6.07) is 12.8. The fraction of sp³-hybridized carbons (Fsp3) is 0. The second kappa shape index (κ2) is 5.62. The Morgan fingerprint density at radius 1 is 1.14 bits per heavy atom. The van der Waals surface area contributed by atoms with Crippen LogP contribution in [0.3, 0.4) is 0 Å². The number of H-pyrrole nitrogens is 1. The number of halogens is 1. The first-order valence-electron chi connectivity index (χ1n) is 6.53. The van der Waals surface area contributed by atoms with Gasteiger partial charge in [0.2, 0.25) is 0 Å². The van der Waals surface area contributed by atoms with Gasteiger partial charge in [0.25, 0.3) is 5.56 Å². The molecule has 0 unspecified atom stereocenters. The van der Waals surface area contributed by atoms with Gasteiger partial charge in [-0.2, -0.15) is 5.26 Å². The van der Waals surface area contributed by atoms with Crippen molar-refractivity contribution in [2.24, 2.45) is 0 Å². The Labute approximate surface area is 125 Å². The molecule has 0 saturated carbocycles. The minimum absolute atomic E-state index is 0.000696. The van der Waals surface area contributed by atoms with Crippen molar-refractivity contribution in [1.29, 1.82) is 5.26 Å². The van der Waals surface area contributed by atoms with E-state index in [-0.39, 0.29) is 11.4 Å².